The number of guanidine groups is 1. The second-order valence-corrected chi connectivity index (χ2v) is 6.90. The highest BCUT2D eigenvalue weighted by Crippen LogP contribution is 2.18. The van der Waals surface area contributed by atoms with Gasteiger partial charge in [0.2, 0.25) is 0 Å². The first-order valence-electron chi connectivity index (χ1n) is 8.78. The van der Waals surface area contributed by atoms with Crippen molar-refractivity contribution in [2.45, 2.75) is 40.2 Å². The van der Waals surface area contributed by atoms with E-state index in [2.05, 4.69) is 40.5 Å². The van der Waals surface area contributed by atoms with Crippen LogP contribution < -0.4 is 15.4 Å². The molecule has 0 saturated carbocycles. The van der Waals surface area contributed by atoms with Crippen LogP contribution in [0, 0.1) is 6.92 Å². The van der Waals surface area contributed by atoms with Gasteiger partial charge < -0.3 is 15.4 Å². The zero-order chi connectivity index (χ0) is 18.1. The molecule has 7 heteroatoms. The van der Waals surface area contributed by atoms with Gasteiger partial charge in [-0.15, -0.1) is 35.3 Å². The lowest BCUT2D eigenvalue weighted by molar-refractivity contribution is 0.336. The molecule has 1 aromatic heterocycles. The van der Waals surface area contributed by atoms with Gasteiger partial charge in [0, 0.05) is 37.0 Å². The van der Waals surface area contributed by atoms with E-state index in [1.54, 1.807) is 18.4 Å². The molecule has 0 saturated heterocycles. The predicted octanol–water partition coefficient (Wildman–Crippen LogP) is 3.94. The molecule has 0 atom stereocenters. The first-order chi connectivity index (χ1) is 12.2. The summed E-state index contributed by atoms with van der Waals surface area (Å²) in [6.45, 7) is 8.43. The normalized spacial score (nSPS) is 11.0. The van der Waals surface area contributed by atoms with Gasteiger partial charge >= 0.3 is 0 Å². The van der Waals surface area contributed by atoms with Crippen LogP contribution in [0.3, 0.4) is 0 Å². The van der Waals surface area contributed by atoms with Crippen LogP contribution >= 0.6 is 35.3 Å². The molecule has 0 spiro atoms. The van der Waals surface area contributed by atoms with Crippen LogP contribution in [0.1, 0.15) is 35.0 Å². The van der Waals surface area contributed by atoms with E-state index in [0.717, 1.165) is 36.7 Å². The van der Waals surface area contributed by atoms with Crippen molar-refractivity contribution in [3.8, 4) is 5.75 Å². The standard InChI is InChI=1S/C19H28N4OS.HI/c1-5-16-14(3)25-18(23-16)11-12-21-19(20-4)22-13-15-9-7-8-10-17(15)24-6-2;/h7-10H,5-6,11-13H2,1-4H3,(H2,20,21,22);1H. The van der Waals surface area contributed by atoms with Gasteiger partial charge in [-0.25, -0.2) is 4.98 Å². The number of thiazole rings is 1. The quantitative estimate of drug-likeness (QED) is 0.336. The Morgan fingerprint density at radius 2 is 2.00 bits per heavy atom. The fraction of sp³-hybridized carbons (Fsp3) is 0.474. The van der Waals surface area contributed by atoms with Crippen molar-refractivity contribution in [3.05, 3.63) is 45.4 Å². The zero-order valence-electron chi connectivity index (χ0n) is 16.0. The molecule has 0 radical (unpaired) electrons. The number of para-hydroxylation sites is 1. The van der Waals surface area contributed by atoms with Gasteiger partial charge in [0.15, 0.2) is 5.96 Å². The van der Waals surface area contributed by atoms with Crippen LogP contribution in [-0.4, -0.2) is 31.1 Å². The second-order valence-electron chi connectivity index (χ2n) is 5.61. The molecule has 1 heterocycles. The van der Waals surface area contributed by atoms with Crippen molar-refractivity contribution >= 4 is 41.3 Å². The van der Waals surface area contributed by atoms with Gasteiger partial charge in [-0.05, 0) is 26.3 Å². The first-order valence-corrected chi connectivity index (χ1v) is 9.59. The number of aryl methyl sites for hydroxylation is 2. The maximum Gasteiger partial charge on any atom is 0.191 e. The SMILES string of the molecule is CCOc1ccccc1CNC(=NC)NCCc1nc(CC)c(C)s1.I. The third-order valence-corrected chi connectivity index (χ3v) is 4.92. The Morgan fingerprint density at radius 3 is 2.65 bits per heavy atom. The summed E-state index contributed by atoms with van der Waals surface area (Å²) in [6, 6.07) is 8.07. The van der Waals surface area contributed by atoms with E-state index in [9.17, 15) is 0 Å². The molecule has 144 valence electrons. The van der Waals surface area contributed by atoms with Gasteiger partial charge in [0.05, 0.1) is 17.3 Å². The number of hydrogen-bond donors (Lipinski definition) is 2. The average Bonchev–Trinajstić information content (AvgIpc) is 2.99. The molecule has 26 heavy (non-hydrogen) atoms. The number of benzene rings is 1. The van der Waals surface area contributed by atoms with E-state index >= 15 is 0 Å². The Morgan fingerprint density at radius 1 is 1.23 bits per heavy atom. The molecule has 0 aliphatic heterocycles. The summed E-state index contributed by atoms with van der Waals surface area (Å²) in [5.74, 6) is 1.70. The Balaban J connectivity index is 0.00000338. The highest BCUT2D eigenvalue weighted by atomic mass is 127. The van der Waals surface area contributed by atoms with Gasteiger partial charge in [0.25, 0.3) is 0 Å². The predicted molar refractivity (Wildman–Crippen MR) is 121 cm³/mol. The Kier molecular flexibility index (Phi) is 10.6. The van der Waals surface area contributed by atoms with E-state index in [1.807, 2.05) is 25.1 Å². The summed E-state index contributed by atoms with van der Waals surface area (Å²) >= 11 is 1.79. The first kappa shape index (κ1) is 22.7. The molecule has 0 bridgehead atoms. The van der Waals surface area contributed by atoms with Crippen LogP contribution in [-0.2, 0) is 19.4 Å². The fourth-order valence-electron chi connectivity index (χ4n) is 2.56. The summed E-state index contributed by atoms with van der Waals surface area (Å²) < 4.78 is 5.66. The Hall–Kier alpha value is -1.35. The van der Waals surface area contributed by atoms with E-state index < -0.39 is 0 Å². The lowest BCUT2D eigenvalue weighted by Crippen LogP contribution is -2.37. The van der Waals surface area contributed by atoms with Crippen molar-refractivity contribution in [2.75, 3.05) is 20.2 Å². The van der Waals surface area contributed by atoms with Crippen molar-refractivity contribution < 1.29 is 4.74 Å². The minimum Gasteiger partial charge on any atom is -0.494 e. The number of aliphatic imine (C=N–C) groups is 1. The van der Waals surface area contributed by atoms with E-state index in [1.165, 1.54) is 15.6 Å². The van der Waals surface area contributed by atoms with Crippen molar-refractivity contribution in [1.29, 1.82) is 0 Å². The molecule has 0 aliphatic rings. The number of rotatable bonds is 8. The summed E-state index contributed by atoms with van der Waals surface area (Å²) in [5, 5.41) is 7.87. The molecule has 2 rings (SSSR count). The van der Waals surface area contributed by atoms with Gasteiger partial charge in [-0.3, -0.25) is 4.99 Å². The molecule has 5 nitrogen and oxygen atoms in total. The Bertz CT molecular complexity index is 703. The smallest absolute Gasteiger partial charge is 0.191 e. The minimum atomic E-state index is 0. The third kappa shape index (κ3) is 6.75. The molecule has 2 aromatic rings. The average molecular weight is 488 g/mol. The lowest BCUT2D eigenvalue weighted by atomic mass is 10.2. The number of aromatic nitrogens is 1. The number of ether oxygens (including phenoxy) is 1. The topological polar surface area (TPSA) is 58.5 Å². The van der Waals surface area contributed by atoms with Crippen molar-refractivity contribution in [2.24, 2.45) is 4.99 Å². The van der Waals surface area contributed by atoms with Gasteiger partial charge in [-0.1, -0.05) is 25.1 Å². The van der Waals surface area contributed by atoms with Crippen LogP contribution in [0.25, 0.3) is 0 Å². The fourth-order valence-corrected chi connectivity index (χ4v) is 3.58. The number of nitrogens with zero attached hydrogens (tertiary/aromatic N) is 2. The summed E-state index contributed by atoms with van der Waals surface area (Å²) in [5.41, 5.74) is 2.34. The monoisotopic (exact) mass is 488 g/mol. The summed E-state index contributed by atoms with van der Waals surface area (Å²) in [4.78, 5) is 10.3. The maximum atomic E-state index is 5.66. The van der Waals surface area contributed by atoms with E-state index in [4.69, 9.17) is 4.74 Å². The molecule has 0 fully saturated rings. The molecule has 0 unspecified atom stereocenters. The summed E-state index contributed by atoms with van der Waals surface area (Å²) in [6.07, 6.45) is 1.90. The lowest BCUT2D eigenvalue weighted by Gasteiger charge is -2.14. The van der Waals surface area contributed by atoms with Crippen LogP contribution in [0.4, 0.5) is 0 Å². The minimum absolute atomic E-state index is 0. The second kappa shape index (κ2) is 12.1. The van der Waals surface area contributed by atoms with Crippen LogP contribution in [0.15, 0.2) is 29.3 Å². The number of halogens is 1. The summed E-state index contributed by atoms with van der Waals surface area (Å²) in [7, 11) is 1.78. The number of nitrogens with one attached hydrogen (secondary N) is 2. The maximum absolute atomic E-state index is 5.66. The largest absolute Gasteiger partial charge is 0.494 e. The highest BCUT2D eigenvalue weighted by molar-refractivity contribution is 14.0. The van der Waals surface area contributed by atoms with Gasteiger partial charge in [0.1, 0.15) is 5.75 Å². The molecular formula is C19H29IN4OS. The molecule has 2 N–H and O–H groups in total. The molecule has 0 aliphatic carbocycles. The van der Waals surface area contributed by atoms with Crippen molar-refractivity contribution in [3.63, 3.8) is 0 Å². The van der Waals surface area contributed by atoms with E-state index in [0.29, 0.717) is 13.2 Å². The third-order valence-electron chi connectivity index (χ3n) is 3.85. The molecule has 0 amide bonds. The van der Waals surface area contributed by atoms with Crippen LogP contribution in [0.2, 0.25) is 0 Å². The molecule has 1 aromatic carbocycles. The zero-order valence-corrected chi connectivity index (χ0v) is 19.1. The van der Waals surface area contributed by atoms with Crippen molar-refractivity contribution in [1.82, 2.24) is 15.6 Å². The highest BCUT2D eigenvalue weighted by Gasteiger charge is 2.07. The van der Waals surface area contributed by atoms with Gasteiger partial charge in [-0.2, -0.15) is 0 Å². The molecular weight excluding hydrogens is 459 g/mol. The van der Waals surface area contributed by atoms with E-state index in [-0.39, 0.29) is 24.0 Å². The van der Waals surface area contributed by atoms with Crippen LogP contribution in [0.5, 0.6) is 5.75 Å². The Labute approximate surface area is 177 Å². The number of hydrogen-bond acceptors (Lipinski definition) is 4.